The van der Waals surface area contributed by atoms with Crippen molar-refractivity contribution in [3.8, 4) is 5.75 Å². The van der Waals surface area contributed by atoms with Crippen LogP contribution < -0.4 is 4.74 Å². The van der Waals surface area contributed by atoms with Gasteiger partial charge in [0.15, 0.2) is 5.78 Å². The van der Waals surface area contributed by atoms with E-state index in [1.54, 1.807) is 6.08 Å². The predicted molar refractivity (Wildman–Crippen MR) is 161 cm³/mol. The molecule has 1 rings (SSSR count). The second-order valence-corrected chi connectivity index (χ2v) is 10.4. The molecule has 1 aromatic carbocycles. The molecule has 0 saturated heterocycles. The molecular weight excluding hydrogens is 476 g/mol. The molecular formula is C33H54O5. The summed E-state index contributed by atoms with van der Waals surface area (Å²) >= 11 is 0. The van der Waals surface area contributed by atoms with Crippen LogP contribution in [0.1, 0.15) is 112 Å². The minimum atomic E-state index is -0.412. The van der Waals surface area contributed by atoms with Gasteiger partial charge >= 0.3 is 0 Å². The van der Waals surface area contributed by atoms with Gasteiger partial charge in [-0.05, 0) is 62.3 Å². The van der Waals surface area contributed by atoms with Crippen LogP contribution in [0.2, 0.25) is 0 Å². The Kier molecular flexibility index (Phi) is 18.9. The number of hydrogen-bond donors (Lipinski definition) is 1. The molecule has 38 heavy (non-hydrogen) atoms. The summed E-state index contributed by atoms with van der Waals surface area (Å²) in [6, 6.07) is 6.42. The summed E-state index contributed by atoms with van der Waals surface area (Å²) in [7, 11) is 0. The molecule has 0 heterocycles. The maximum Gasteiger partial charge on any atom is 0.290 e. The lowest BCUT2D eigenvalue weighted by molar-refractivity contribution is -0.128. The zero-order valence-electron chi connectivity index (χ0n) is 25.9. The van der Waals surface area contributed by atoms with Gasteiger partial charge in [-0.3, -0.25) is 9.59 Å². The number of carboxylic acid groups (broad SMARTS) is 1. The third-order valence-corrected chi connectivity index (χ3v) is 6.24. The smallest absolute Gasteiger partial charge is 0.290 e. The van der Waals surface area contributed by atoms with E-state index in [1.807, 2.05) is 40.7 Å². The van der Waals surface area contributed by atoms with E-state index in [-0.39, 0.29) is 30.2 Å². The topological polar surface area (TPSA) is 72.8 Å². The van der Waals surface area contributed by atoms with Crippen LogP contribution in [0.4, 0.5) is 0 Å². The maximum absolute atomic E-state index is 12.4. The fourth-order valence-electron chi connectivity index (χ4n) is 3.88. The fourth-order valence-corrected chi connectivity index (χ4v) is 3.88. The van der Waals surface area contributed by atoms with Crippen LogP contribution in [0, 0.1) is 5.41 Å². The van der Waals surface area contributed by atoms with E-state index in [9.17, 15) is 4.79 Å². The number of ether oxygens (including phenoxy) is 2. The second-order valence-electron chi connectivity index (χ2n) is 10.4. The van der Waals surface area contributed by atoms with E-state index in [0.29, 0.717) is 6.61 Å². The highest BCUT2D eigenvalue weighted by molar-refractivity contribution is 5.85. The molecule has 0 aliphatic heterocycles. The largest absolute Gasteiger partial charge is 0.493 e. The number of carbonyl (C=O) groups excluding carboxylic acids is 1. The molecule has 1 N–H and O–H groups in total. The lowest BCUT2D eigenvalue weighted by Crippen LogP contribution is -2.29. The zero-order valence-corrected chi connectivity index (χ0v) is 25.9. The summed E-state index contributed by atoms with van der Waals surface area (Å²) in [6.45, 7) is 26.9. The number of hydrogen-bond acceptors (Lipinski definition) is 4. The molecule has 1 aromatic rings. The van der Waals surface area contributed by atoms with E-state index in [4.69, 9.17) is 19.4 Å². The Hall–Kier alpha value is -2.82. The highest BCUT2D eigenvalue weighted by Crippen LogP contribution is 2.42. The van der Waals surface area contributed by atoms with Crippen molar-refractivity contribution in [2.24, 2.45) is 5.41 Å². The Morgan fingerprint density at radius 1 is 1.08 bits per heavy atom. The molecule has 5 nitrogen and oxygen atoms in total. The van der Waals surface area contributed by atoms with E-state index in [1.165, 1.54) is 11.1 Å². The number of benzene rings is 1. The quantitative estimate of drug-likeness (QED) is 0.156. The van der Waals surface area contributed by atoms with Gasteiger partial charge in [0, 0.05) is 5.41 Å². The molecule has 0 unspecified atom stereocenters. The SMILES string of the molecule is C=CCO/C(=C\CC=C(C)C)C(CC)(CC)c1ccc(OCC(=O)C(C)(C)C)c(C(C)C)c1.CC.O=CO. The Bertz CT molecular complexity index is 892. The molecule has 0 amide bonds. The van der Waals surface area contributed by atoms with Gasteiger partial charge < -0.3 is 14.6 Å². The highest BCUT2D eigenvalue weighted by atomic mass is 16.5. The summed E-state index contributed by atoms with van der Waals surface area (Å²) in [6.07, 6.45) is 8.90. The number of carbonyl (C=O) groups is 2. The van der Waals surface area contributed by atoms with Crippen molar-refractivity contribution < 1.29 is 24.2 Å². The van der Waals surface area contributed by atoms with E-state index >= 15 is 0 Å². The van der Waals surface area contributed by atoms with Crippen LogP contribution in [-0.2, 0) is 19.7 Å². The summed E-state index contributed by atoms with van der Waals surface area (Å²) in [4.78, 5) is 20.8. The highest BCUT2D eigenvalue weighted by Gasteiger charge is 2.35. The number of Topliss-reactive ketones (excluding diaryl/α,β-unsaturated/α-hetero) is 1. The molecule has 0 spiro atoms. The third-order valence-electron chi connectivity index (χ3n) is 6.24. The first-order valence-electron chi connectivity index (χ1n) is 13.8. The molecule has 0 aromatic heterocycles. The zero-order chi connectivity index (χ0) is 29.9. The summed E-state index contributed by atoms with van der Waals surface area (Å²) < 4.78 is 12.3. The normalized spacial score (nSPS) is 11.3. The average molecular weight is 531 g/mol. The molecule has 0 bridgehead atoms. The minimum absolute atomic E-state index is 0.0889. The van der Waals surface area contributed by atoms with Crippen molar-refractivity contribution in [1.82, 2.24) is 0 Å². The first-order valence-corrected chi connectivity index (χ1v) is 13.8. The number of ketones is 1. The maximum atomic E-state index is 12.4. The van der Waals surface area contributed by atoms with Crippen molar-refractivity contribution in [3.05, 3.63) is 65.5 Å². The van der Waals surface area contributed by atoms with Gasteiger partial charge in [0.1, 0.15) is 24.7 Å². The van der Waals surface area contributed by atoms with E-state index in [0.717, 1.165) is 36.3 Å². The summed E-state index contributed by atoms with van der Waals surface area (Å²) in [5, 5.41) is 6.89. The Morgan fingerprint density at radius 2 is 1.63 bits per heavy atom. The molecule has 0 aliphatic carbocycles. The van der Waals surface area contributed by atoms with Gasteiger partial charge in [-0.1, -0.05) is 98.8 Å². The third kappa shape index (κ3) is 12.1. The van der Waals surface area contributed by atoms with Crippen molar-refractivity contribution in [3.63, 3.8) is 0 Å². The van der Waals surface area contributed by atoms with Crippen molar-refractivity contribution in [2.45, 2.75) is 107 Å². The van der Waals surface area contributed by atoms with Gasteiger partial charge in [0.05, 0.1) is 5.41 Å². The summed E-state index contributed by atoms with van der Waals surface area (Å²) in [5.41, 5.74) is 2.99. The Balaban J connectivity index is 0. The first kappa shape index (κ1) is 37.3. The monoisotopic (exact) mass is 530 g/mol. The van der Waals surface area contributed by atoms with Gasteiger partial charge in [0.25, 0.3) is 6.47 Å². The van der Waals surface area contributed by atoms with Crippen LogP contribution in [0.15, 0.2) is 54.3 Å². The molecule has 0 radical (unpaired) electrons. The van der Waals surface area contributed by atoms with Crippen molar-refractivity contribution in [1.29, 1.82) is 0 Å². The van der Waals surface area contributed by atoms with Crippen LogP contribution in [0.5, 0.6) is 5.75 Å². The van der Waals surface area contributed by atoms with Crippen molar-refractivity contribution in [2.75, 3.05) is 13.2 Å². The lowest BCUT2D eigenvalue weighted by atomic mass is 9.73. The predicted octanol–water partition coefficient (Wildman–Crippen LogP) is 9.03. The van der Waals surface area contributed by atoms with Gasteiger partial charge in [-0.15, -0.1) is 0 Å². The van der Waals surface area contributed by atoms with Crippen molar-refractivity contribution >= 4 is 12.3 Å². The average Bonchev–Trinajstić information content (AvgIpc) is 2.87. The molecule has 0 fully saturated rings. The molecule has 0 saturated carbocycles. The van der Waals surface area contributed by atoms with Crippen LogP contribution in [0.3, 0.4) is 0 Å². The molecule has 5 heteroatoms. The minimum Gasteiger partial charge on any atom is -0.493 e. The standard InChI is InChI=1S/C30H46O3.C2H6.CH2O2/c1-11-19-32-28(16-14-15-22(4)5)30(12-2,13-3)24-17-18-26(25(20-24)23(6)7)33-21-27(31)29(8,9)10;1-2;2-1-3/h11,15-18,20,23H,1,12-14,19,21H2,2-10H3;1-2H3;1H,(H,2,3)/b28-16-;;. The van der Waals surface area contributed by atoms with E-state index < -0.39 is 5.41 Å². The first-order chi connectivity index (χ1) is 17.8. The fraction of sp³-hybridized carbons (Fsp3) is 0.576. The number of allylic oxidation sites excluding steroid dienone is 4. The van der Waals surface area contributed by atoms with Crippen LogP contribution in [0.25, 0.3) is 0 Å². The summed E-state index contributed by atoms with van der Waals surface area (Å²) in [5.74, 6) is 2.15. The lowest BCUT2D eigenvalue weighted by Gasteiger charge is -2.35. The molecule has 216 valence electrons. The van der Waals surface area contributed by atoms with Crippen LogP contribution >= 0.6 is 0 Å². The Morgan fingerprint density at radius 3 is 2.05 bits per heavy atom. The molecule has 0 aliphatic rings. The number of rotatable bonds is 13. The Labute approximate surface area is 233 Å². The van der Waals surface area contributed by atoms with Gasteiger partial charge in [-0.2, -0.15) is 0 Å². The van der Waals surface area contributed by atoms with E-state index in [2.05, 4.69) is 72.4 Å². The molecule has 0 atom stereocenters. The van der Waals surface area contributed by atoms with Gasteiger partial charge in [0.2, 0.25) is 0 Å². The van der Waals surface area contributed by atoms with Crippen LogP contribution in [-0.4, -0.2) is 30.6 Å². The second kappa shape index (κ2) is 19.3. The van der Waals surface area contributed by atoms with Gasteiger partial charge in [-0.25, -0.2) is 0 Å².